The summed E-state index contributed by atoms with van der Waals surface area (Å²) in [5, 5.41) is 0. The molecule has 3 aliphatic carbocycles. The molecule has 3 aliphatic rings. The SMILES string of the molecule is C1=C[C@H]2C[C@H]1C1=CCC=C12. The molecule has 0 aromatic carbocycles. The lowest BCUT2D eigenvalue weighted by Gasteiger charge is -2.07. The zero-order valence-electron chi connectivity index (χ0n) is 5.88. The minimum atomic E-state index is 0.804. The quantitative estimate of drug-likeness (QED) is 0.442. The normalized spacial score (nSPS) is 40.0. The summed E-state index contributed by atoms with van der Waals surface area (Å²) in [6, 6.07) is 0. The van der Waals surface area contributed by atoms with E-state index >= 15 is 0 Å². The van der Waals surface area contributed by atoms with Gasteiger partial charge in [-0.25, -0.2) is 0 Å². The standard InChI is InChI=1S/C10H10/c1-2-9-7-4-5-8(6-7)10(9)3-1/h2-5,7-8H,1,6H2/t7-,8-/m0/s1. The number of hydrogen-bond acceptors (Lipinski definition) is 0. The summed E-state index contributed by atoms with van der Waals surface area (Å²) in [6.45, 7) is 0. The summed E-state index contributed by atoms with van der Waals surface area (Å²) in [5.74, 6) is 1.61. The van der Waals surface area contributed by atoms with Crippen LogP contribution in [0.2, 0.25) is 0 Å². The van der Waals surface area contributed by atoms with Gasteiger partial charge >= 0.3 is 0 Å². The van der Waals surface area contributed by atoms with Crippen LogP contribution in [-0.2, 0) is 0 Å². The molecule has 0 radical (unpaired) electrons. The summed E-state index contributed by atoms with van der Waals surface area (Å²) in [6.07, 6.45) is 12.1. The third-order valence-corrected chi connectivity index (χ3v) is 2.89. The molecule has 3 rings (SSSR count). The second-order valence-corrected chi connectivity index (χ2v) is 3.39. The Bertz CT molecular complexity index is 240. The van der Waals surface area contributed by atoms with E-state index in [1.165, 1.54) is 12.8 Å². The average Bonchev–Trinajstić information content (AvgIpc) is 2.60. The first-order chi connectivity index (χ1) is 4.95. The molecular weight excluding hydrogens is 120 g/mol. The van der Waals surface area contributed by atoms with Crippen molar-refractivity contribution in [3.05, 3.63) is 35.5 Å². The number of rotatable bonds is 0. The zero-order valence-corrected chi connectivity index (χ0v) is 5.88. The van der Waals surface area contributed by atoms with Crippen molar-refractivity contribution in [1.29, 1.82) is 0 Å². The molecule has 1 fully saturated rings. The summed E-state index contributed by atoms with van der Waals surface area (Å²) in [7, 11) is 0. The molecule has 0 spiro atoms. The van der Waals surface area contributed by atoms with E-state index < -0.39 is 0 Å². The first-order valence-electron chi connectivity index (χ1n) is 4.04. The van der Waals surface area contributed by atoms with E-state index in [2.05, 4.69) is 24.3 Å². The molecule has 0 aliphatic heterocycles. The Balaban J connectivity index is 2.22. The maximum absolute atomic E-state index is 2.39. The van der Waals surface area contributed by atoms with Crippen molar-refractivity contribution < 1.29 is 0 Å². The van der Waals surface area contributed by atoms with Gasteiger partial charge in [-0.15, -0.1) is 0 Å². The van der Waals surface area contributed by atoms with Crippen LogP contribution >= 0.6 is 0 Å². The van der Waals surface area contributed by atoms with E-state index in [1.807, 2.05) is 0 Å². The van der Waals surface area contributed by atoms with Gasteiger partial charge in [-0.05, 0) is 24.0 Å². The topological polar surface area (TPSA) is 0 Å². The van der Waals surface area contributed by atoms with Gasteiger partial charge in [0.1, 0.15) is 0 Å². The Hall–Kier alpha value is -0.780. The van der Waals surface area contributed by atoms with Crippen molar-refractivity contribution in [1.82, 2.24) is 0 Å². The van der Waals surface area contributed by atoms with E-state index in [-0.39, 0.29) is 0 Å². The van der Waals surface area contributed by atoms with Crippen molar-refractivity contribution in [2.24, 2.45) is 11.8 Å². The summed E-state index contributed by atoms with van der Waals surface area (Å²) in [5.41, 5.74) is 3.29. The average molecular weight is 130 g/mol. The largest absolute Gasteiger partial charge is 0.0804 e. The molecule has 0 amide bonds. The fourth-order valence-electron chi connectivity index (χ4n) is 2.44. The van der Waals surface area contributed by atoms with Gasteiger partial charge in [-0.2, -0.15) is 0 Å². The first kappa shape index (κ1) is 4.95. The fourth-order valence-corrected chi connectivity index (χ4v) is 2.44. The molecule has 0 heterocycles. The maximum Gasteiger partial charge on any atom is 0.00267 e. The van der Waals surface area contributed by atoms with Gasteiger partial charge in [0, 0.05) is 11.8 Å². The van der Waals surface area contributed by atoms with E-state index in [9.17, 15) is 0 Å². The predicted molar refractivity (Wildman–Crippen MR) is 41.5 cm³/mol. The second-order valence-electron chi connectivity index (χ2n) is 3.39. The summed E-state index contributed by atoms with van der Waals surface area (Å²) in [4.78, 5) is 0. The molecular formula is C10H10. The summed E-state index contributed by atoms with van der Waals surface area (Å²) < 4.78 is 0. The van der Waals surface area contributed by atoms with Crippen molar-refractivity contribution in [3.63, 3.8) is 0 Å². The molecule has 1 saturated carbocycles. The Morgan fingerprint density at radius 1 is 1.00 bits per heavy atom. The molecule has 0 aromatic heterocycles. The molecule has 2 bridgehead atoms. The molecule has 0 aromatic rings. The maximum atomic E-state index is 2.39. The molecule has 0 heteroatoms. The van der Waals surface area contributed by atoms with Gasteiger partial charge in [0.2, 0.25) is 0 Å². The minimum absolute atomic E-state index is 0.804. The number of hydrogen-bond donors (Lipinski definition) is 0. The highest BCUT2D eigenvalue weighted by molar-refractivity contribution is 5.51. The first-order valence-corrected chi connectivity index (χ1v) is 4.04. The second kappa shape index (κ2) is 1.45. The van der Waals surface area contributed by atoms with Crippen molar-refractivity contribution in [2.45, 2.75) is 12.8 Å². The third-order valence-electron chi connectivity index (χ3n) is 2.89. The molecule has 10 heavy (non-hydrogen) atoms. The Morgan fingerprint density at radius 3 is 2.20 bits per heavy atom. The van der Waals surface area contributed by atoms with Crippen LogP contribution in [0.1, 0.15) is 12.8 Å². The highest BCUT2D eigenvalue weighted by Gasteiger charge is 2.36. The zero-order chi connectivity index (χ0) is 6.55. The lowest BCUT2D eigenvalue weighted by molar-refractivity contribution is 0.731. The van der Waals surface area contributed by atoms with Crippen LogP contribution in [0.15, 0.2) is 35.5 Å². The molecule has 50 valence electrons. The predicted octanol–water partition coefficient (Wildman–Crippen LogP) is 2.45. The fraction of sp³-hybridized carbons (Fsp3) is 0.400. The van der Waals surface area contributed by atoms with E-state index in [0.717, 1.165) is 11.8 Å². The highest BCUT2D eigenvalue weighted by atomic mass is 14.4. The van der Waals surface area contributed by atoms with Gasteiger partial charge in [-0.1, -0.05) is 24.3 Å². The van der Waals surface area contributed by atoms with Crippen molar-refractivity contribution in [2.75, 3.05) is 0 Å². The summed E-state index contributed by atoms with van der Waals surface area (Å²) >= 11 is 0. The lowest BCUT2D eigenvalue weighted by atomic mass is 9.98. The third kappa shape index (κ3) is 0.406. The molecule has 0 saturated heterocycles. The van der Waals surface area contributed by atoms with Crippen LogP contribution in [0.3, 0.4) is 0 Å². The van der Waals surface area contributed by atoms with Crippen molar-refractivity contribution in [3.8, 4) is 0 Å². The van der Waals surface area contributed by atoms with E-state index in [4.69, 9.17) is 0 Å². The van der Waals surface area contributed by atoms with Crippen LogP contribution in [0.4, 0.5) is 0 Å². The lowest BCUT2D eigenvalue weighted by Crippen LogP contribution is -1.92. The molecule has 0 unspecified atom stereocenters. The van der Waals surface area contributed by atoms with E-state index in [0.29, 0.717) is 0 Å². The van der Waals surface area contributed by atoms with Crippen LogP contribution in [-0.4, -0.2) is 0 Å². The van der Waals surface area contributed by atoms with Gasteiger partial charge in [0.25, 0.3) is 0 Å². The van der Waals surface area contributed by atoms with Gasteiger partial charge in [0.15, 0.2) is 0 Å². The number of allylic oxidation sites excluding steroid dienone is 6. The Kier molecular flexibility index (Phi) is 0.715. The van der Waals surface area contributed by atoms with Crippen molar-refractivity contribution >= 4 is 0 Å². The van der Waals surface area contributed by atoms with Crippen LogP contribution < -0.4 is 0 Å². The molecule has 0 nitrogen and oxygen atoms in total. The Labute approximate surface area is 60.9 Å². The van der Waals surface area contributed by atoms with Gasteiger partial charge in [0.05, 0.1) is 0 Å². The van der Waals surface area contributed by atoms with Gasteiger partial charge in [-0.3, -0.25) is 0 Å². The smallest absolute Gasteiger partial charge is 0.00267 e. The number of fused-ring (bicyclic) bond motifs is 5. The Morgan fingerprint density at radius 2 is 1.60 bits per heavy atom. The minimum Gasteiger partial charge on any atom is -0.0804 e. The highest BCUT2D eigenvalue weighted by Crippen LogP contribution is 2.49. The molecule has 0 N–H and O–H groups in total. The van der Waals surface area contributed by atoms with E-state index in [1.54, 1.807) is 11.1 Å². The monoisotopic (exact) mass is 130 g/mol. The van der Waals surface area contributed by atoms with Crippen LogP contribution in [0.25, 0.3) is 0 Å². The van der Waals surface area contributed by atoms with Crippen LogP contribution in [0.5, 0.6) is 0 Å². The molecule has 2 atom stereocenters. The van der Waals surface area contributed by atoms with Gasteiger partial charge < -0.3 is 0 Å². The van der Waals surface area contributed by atoms with Crippen LogP contribution in [0, 0.1) is 11.8 Å².